The summed E-state index contributed by atoms with van der Waals surface area (Å²) >= 11 is 12.0. The number of ether oxygens (including phenoxy) is 1. The van der Waals surface area contributed by atoms with Crippen molar-refractivity contribution in [2.75, 3.05) is 12.4 Å². The van der Waals surface area contributed by atoms with Crippen LogP contribution in [0.4, 0.5) is 5.69 Å². The van der Waals surface area contributed by atoms with Crippen LogP contribution in [0.3, 0.4) is 0 Å². The summed E-state index contributed by atoms with van der Waals surface area (Å²) < 4.78 is 5.26. The molecule has 0 saturated carbocycles. The molecular formula is C19H20Cl2N2O3. The molecule has 2 aromatic carbocycles. The number of hydrogen-bond acceptors (Lipinski definition) is 3. The van der Waals surface area contributed by atoms with Gasteiger partial charge in [0.2, 0.25) is 11.8 Å². The monoisotopic (exact) mass is 394 g/mol. The van der Waals surface area contributed by atoms with E-state index in [1.165, 1.54) is 6.07 Å². The molecule has 0 unspecified atom stereocenters. The van der Waals surface area contributed by atoms with Gasteiger partial charge >= 0.3 is 0 Å². The molecule has 7 heteroatoms. The van der Waals surface area contributed by atoms with E-state index in [0.717, 1.165) is 5.56 Å². The molecule has 0 aliphatic rings. The van der Waals surface area contributed by atoms with Crippen LogP contribution in [0.25, 0.3) is 0 Å². The van der Waals surface area contributed by atoms with Crippen molar-refractivity contribution in [1.82, 2.24) is 5.32 Å². The van der Waals surface area contributed by atoms with Gasteiger partial charge in [-0.05, 0) is 38.1 Å². The van der Waals surface area contributed by atoms with Crippen molar-refractivity contribution in [2.45, 2.75) is 20.4 Å². The maximum atomic E-state index is 12.6. The van der Waals surface area contributed by atoms with Crippen molar-refractivity contribution in [3.8, 4) is 5.75 Å². The highest BCUT2D eigenvalue weighted by molar-refractivity contribution is 6.35. The molecule has 0 spiro atoms. The van der Waals surface area contributed by atoms with Crippen LogP contribution in [0.5, 0.6) is 5.75 Å². The zero-order valence-corrected chi connectivity index (χ0v) is 16.2. The topological polar surface area (TPSA) is 67.4 Å². The second-order valence-corrected chi connectivity index (χ2v) is 7.04. The first-order valence-corrected chi connectivity index (χ1v) is 8.68. The van der Waals surface area contributed by atoms with E-state index >= 15 is 0 Å². The smallest absolute Gasteiger partial charge is 0.239 e. The van der Waals surface area contributed by atoms with Crippen LogP contribution in [0.1, 0.15) is 19.4 Å². The molecule has 0 saturated heterocycles. The predicted octanol–water partition coefficient (Wildman–Crippen LogP) is 4.28. The van der Waals surface area contributed by atoms with Gasteiger partial charge in [0.1, 0.15) is 11.2 Å². The number of anilines is 1. The fourth-order valence-electron chi connectivity index (χ4n) is 2.22. The highest BCUT2D eigenvalue weighted by Crippen LogP contribution is 2.28. The van der Waals surface area contributed by atoms with Gasteiger partial charge in [0.25, 0.3) is 0 Å². The normalized spacial score (nSPS) is 11.0. The summed E-state index contributed by atoms with van der Waals surface area (Å²) in [5.74, 6) is -0.237. The second-order valence-electron chi connectivity index (χ2n) is 6.20. The molecule has 138 valence electrons. The first-order chi connectivity index (χ1) is 12.3. The van der Waals surface area contributed by atoms with Crippen molar-refractivity contribution in [3.05, 3.63) is 58.1 Å². The summed E-state index contributed by atoms with van der Waals surface area (Å²) in [6.45, 7) is 3.33. The highest BCUT2D eigenvalue weighted by atomic mass is 35.5. The molecule has 0 fully saturated rings. The number of carbonyl (C=O) groups is 2. The van der Waals surface area contributed by atoms with E-state index in [1.807, 2.05) is 18.2 Å². The average Bonchev–Trinajstić information content (AvgIpc) is 2.62. The Bertz CT molecular complexity index is 822. The summed E-state index contributed by atoms with van der Waals surface area (Å²) in [5.41, 5.74) is -0.138. The van der Waals surface area contributed by atoms with Crippen molar-refractivity contribution >= 4 is 40.7 Å². The van der Waals surface area contributed by atoms with Gasteiger partial charge < -0.3 is 15.4 Å². The van der Waals surface area contributed by atoms with E-state index in [9.17, 15) is 9.59 Å². The number of methoxy groups -OCH3 is 1. The fourth-order valence-corrected chi connectivity index (χ4v) is 2.56. The molecule has 0 heterocycles. The molecule has 26 heavy (non-hydrogen) atoms. The number of rotatable bonds is 6. The average molecular weight is 395 g/mol. The Morgan fingerprint density at radius 1 is 1.08 bits per heavy atom. The number of benzene rings is 2. The summed E-state index contributed by atoms with van der Waals surface area (Å²) in [6, 6.07) is 12.1. The van der Waals surface area contributed by atoms with Crippen molar-refractivity contribution in [3.63, 3.8) is 0 Å². The van der Waals surface area contributed by atoms with Gasteiger partial charge in [-0.2, -0.15) is 0 Å². The number of hydrogen-bond donors (Lipinski definition) is 2. The van der Waals surface area contributed by atoms with Crippen LogP contribution in [-0.4, -0.2) is 18.9 Å². The lowest BCUT2D eigenvalue weighted by molar-refractivity contribution is -0.138. The maximum Gasteiger partial charge on any atom is 0.239 e. The molecule has 0 radical (unpaired) electrons. The largest absolute Gasteiger partial charge is 0.496 e. The molecule has 5 nitrogen and oxygen atoms in total. The number of halogens is 2. The molecule has 0 aromatic heterocycles. The Hall–Kier alpha value is -2.24. The standard InChI is InChI=1S/C19H20Cl2N2O3/c1-19(2,18(25)23-15-10-13(20)8-9-14(15)21)17(24)22-11-12-6-4-5-7-16(12)26-3/h4-10H,11H2,1-3H3,(H,22,24)(H,23,25). The van der Waals surface area contributed by atoms with Crippen LogP contribution < -0.4 is 15.4 Å². The second kappa shape index (κ2) is 8.43. The van der Waals surface area contributed by atoms with Gasteiger partial charge in [-0.25, -0.2) is 0 Å². The van der Waals surface area contributed by atoms with Gasteiger partial charge in [-0.3, -0.25) is 9.59 Å². The fraction of sp³-hybridized carbons (Fsp3) is 0.263. The third-order valence-electron chi connectivity index (χ3n) is 3.94. The van der Waals surface area contributed by atoms with Crippen LogP contribution in [-0.2, 0) is 16.1 Å². The lowest BCUT2D eigenvalue weighted by Crippen LogP contribution is -2.44. The highest BCUT2D eigenvalue weighted by Gasteiger charge is 2.36. The van der Waals surface area contributed by atoms with Crippen LogP contribution in [0, 0.1) is 5.41 Å². The Morgan fingerprint density at radius 2 is 1.77 bits per heavy atom. The van der Waals surface area contributed by atoms with Gasteiger partial charge in [0, 0.05) is 17.1 Å². The molecule has 0 aliphatic heterocycles. The molecule has 2 amide bonds. The summed E-state index contributed by atoms with van der Waals surface area (Å²) in [5, 5.41) is 6.19. The SMILES string of the molecule is COc1ccccc1CNC(=O)C(C)(C)C(=O)Nc1cc(Cl)ccc1Cl. The zero-order chi connectivity index (χ0) is 19.3. The van der Waals surface area contributed by atoms with Crippen molar-refractivity contribution < 1.29 is 14.3 Å². The van der Waals surface area contributed by atoms with E-state index in [0.29, 0.717) is 21.5 Å². The van der Waals surface area contributed by atoms with Crippen molar-refractivity contribution in [2.24, 2.45) is 5.41 Å². The van der Waals surface area contributed by atoms with Crippen LogP contribution >= 0.6 is 23.2 Å². The molecule has 2 N–H and O–H groups in total. The maximum absolute atomic E-state index is 12.6. The Morgan fingerprint density at radius 3 is 2.46 bits per heavy atom. The first-order valence-electron chi connectivity index (χ1n) is 7.92. The van der Waals surface area contributed by atoms with Crippen molar-refractivity contribution in [1.29, 1.82) is 0 Å². The molecule has 2 rings (SSSR count). The van der Waals surface area contributed by atoms with Gasteiger partial charge in [0.15, 0.2) is 0 Å². The molecular weight excluding hydrogens is 375 g/mol. The third kappa shape index (κ3) is 4.68. The van der Waals surface area contributed by atoms with E-state index in [4.69, 9.17) is 27.9 Å². The minimum Gasteiger partial charge on any atom is -0.496 e. The quantitative estimate of drug-likeness (QED) is 0.718. The first kappa shape index (κ1) is 20.1. The zero-order valence-electron chi connectivity index (χ0n) is 14.7. The lowest BCUT2D eigenvalue weighted by Gasteiger charge is -2.23. The van der Waals surface area contributed by atoms with E-state index in [-0.39, 0.29) is 6.54 Å². The minimum atomic E-state index is -1.31. The van der Waals surface area contributed by atoms with Gasteiger partial charge in [-0.15, -0.1) is 0 Å². The van der Waals surface area contributed by atoms with Gasteiger partial charge in [0.05, 0.1) is 17.8 Å². The minimum absolute atomic E-state index is 0.247. The van der Waals surface area contributed by atoms with Crippen LogP contribution in [0.15, 0.2) is 42.5 Å². The molecule has 2 aromatic rings. The van der Waals surface area contributed by atoms with Crippen LogP contribution in [0.2, 0.25) is 10.0 Å². The lowest BCUT2D eigenvalue weighted by atomic mass is 9.90. The molecule has 0 atom stereocenters. The number of amides is 2. The van der Waals surface area contributed by atoms with E-state index in [1.54, 1.807) is 39.2 Å². The summed E-state index contributed by atoms with van der Waals surface area (Å²) in [4.78, 5) is 25.1. The number of nitrogens with one attached hydrogen (secondary N) is 2. The Labute approximate surface area is 162 Å². The molecule has 0 bridgehead atoms. The summed E-state index contributed by atoms with van der Waals surface area (Å²) in [7, 11) is 1.56. The third-order valence-corrected chi connectivity index (χ3v) is 4.51. The summed E-state index contributed by atoms with van der Waals surface area (Å²) in [6.07, 6.45) is 0. The number of carbonyl (C=O) groups excluding carboxylic acids is 2. The predicted molar refractivity (Wildman–Crippen MR) is 104 cm³/mol. The number of para-hydroxylation sites is 1. The Balaban J connectivity index is 2.06. The van der Waals surface area contributed by atoms with Gasteiger partial charge in [-0.1, -0.05) is 41.4 Å². The van der Waals surface area contributed by atoms with E-state index in [2.05, 4.69) is 10.6 Å². The van der Waals surface area contributed by atoms with E-state index < -0.39 is 17.2 Å². The Kier molecular flexibility index (Phi) is 6.51. The molecule has 0 aliphatic carbocycles.